The van der Waals surface area contributed by atoms with Crippen LogP contribution in [-0.4, -0.2) is 24.8 Å². The molecule has 7 nitrogen and oxygen atoms in total. The van der Waals surface area contributed by atoms with Crippen molar-refractivity contribution in [2.24, 2.45) is 0 Å². The van der Waals surface area contributed by atoms with Crippen LogP contribution >= 0.6 is 0 Å². The molecule has 0 spiro atoms. The van der Waals surface area contributed by atoms with Crippen LogP contribution in [0.4, 0.5) is 0 Å². The molecule has 7 heteroatoms. The van der Waals surface area contributed by atoms with Crippen LogP contribution < -0.4 is 15.0 Å². The lowest BCUT2D eigenvalue weighted by molar-refractivity contribution is -0.145. The Hall–Kier alpha value is -3.81. The lowest BCUT2D eigenvalue weighted by Gasteiger charge is -2.12. The number of ether oxygens (including phenoxy) is 3. The third kappa shape index (κ3) is 7.65. The summed E-state index contributed by atoms with van der Waals surface area (Å²) >= 11 is 0. The Morgan fingerprint density at radius 2 is 1.65 bits per heavy atom. The Labute approximate surface area is 199 Å². The van der Waals surface area contributed by atoms with Crippen LogP contribution in [0.3, 0.4) is 0 Å². The maximum Gasteiger partial charge on any atom is 0.308 e. The molecule has 1 unspecified atom stereocenters. The Bertz CT molecular complexity index is 1050. The van der Waals surface area contributed by atoms with Gasteiger partial charge in [0.2, 0.25) is 0 Å². The highest BCUT2D eigenvalue weighted by Crippen LogP contribution is 2.22. The average molecular weight is 464 g/mol. The maximum absolute atomic E-state index is 11.5. The normalized spacial score (nSPS) is 12.0. The van der Waals surface area contributed by atoms with Crippen molar-refractivity contribution >= 4 is 11.7 Å². The monoisotopic (exact) mass is 463 g/mol. The molecule has 0 amide bonds. The van der Waals surface area contributed by atoms with Gasteiger partial charge >= 0.3 is 5.97 Å². The van der Waals surface area contributed by atoms with E-state index in [1.807, 2.05) is 54.6 Å². The predicted molar refractivity (Wildman–Crippen MR) is 129 cm³/mol. The summed E-state index contributed by atoms with van der Waals surface area (Å²) in [6.07, 6.45) is 0.616. The lowest BCUT2D eigenvalue weighted by Crippen LogP contribution is -2.11. The summed E-state index contributed by atoms with van der Waals surface area (Å²) in [5.74, 6) is 0.910. The highest BCUT2D eigenvalue weighted by atomic mass is 16.6. The van der Waals surface area contributed by atoms with Gasteiger partial charge in [-0.25, -0.2) is 0 Å². The zero-order chi connectivity index (χ0) is 24.2. The number of hydrogen-bond acceptors (Lipinski definition) is 7. The molecule has 34 heavy (non-hydrogen) atoms. The molecule has 0 bridgehead atoms. The maximum atomic E-state index is 11.5. The average Bonchev–Trinajstić information content (AvgIpc) is 2.87. The topological polar surface area (TPSA) is 86.3 Å². The van der Waals surface area contributed by atoms with Gasteiger partial charge in [0.15, 0.2) is 0 Å². The fourth-order valence-electron chi connectivity index (χ4n) is 3.12. The number of benzene rings is 3. The van der Waals surface area contributed by atoms with Crippen molar-refractivity contribution in [1.82, 2.24) is 5.48 Å². The van der Waals surface area contributed by atoms with Gasteiger partial charge in [0.1, 0.15) is 30.1 Å². The van der Waals surface area contributed by atoms with Crippen LogP contribution in [0.15, 0.2) is 85.1 Å². The number of carbonyl (C=O) groups is 1. The molecule has 0 saturated heterocycles. The van der Waals surface area contributed by atoms with Crippen molar-refractivity contribution in [3.05, 3.63) is 102 Å². The summed E-state index contributed by atoms with van der Waals surface area (Å²) in [7, 11) is 1.55. The molecular formula is C27H29NO6. The molecule has 0 fully saturated rings. The van der Waals surface area contributed by atoms with Gasteiger partial charge < -0.3 is 19.3 Å². The molecular weight excluding hydrogens is 434 g/mol. The Balaban J connectivity index is 1.52. The van der Waals surface area contributed by atoms with Crippen molar-refractivity contribution in [2.75, 3.05) is 13.7 Å². The van der Waals surface area contributed by atoms with Crippen LogP contribution in [0.2, 0.25) is 0 Å². The van der Waals surface area contributed by atoms with Gasteiger partial charge in [0, 0.05) is 5.56 Å². The summed E-state index contributed by atoms with van der Waals surface area (Å²) in [4.78, 5) is 16.6. The van der Waals surface area contributed by atoms with E-state index in [-0.39, 0.29) is 6.42 Å². The lowest BCUT2D eigenvalue weighted by atomic mass is 10.1. The molecule has 0 aliphatic rings. The molecule has 3 rings (SSSR count). The van der Waals surface area contributed by atoms with E-state index >= 15 is 0 Å². The van der Waals surface area contributed by atoms with Gasteiger partial charge in [-0.15, -0.1) is 0 Å². The molecule has 1 atom stereocenters. The van der Waals surface area contributed by atoms with E-state index in [2.05, 4.69) is 5.48 Å². The van der Waals surface area contributed by atoms with Crippen LogP contribution in [0.25, 0.3) is 5.70 Å². The van der Waals surface area contributed by atoms with Gasteiger partial charge in [-0.2, -0.15) is 0 Å². The smallest absolute Gasteiger partial charge is 0.308 e. The Kier molecular flexibility index (Phi) is 9.52. The van der Waals surface area contributed by atoms with Crippen LogP contribution in [0.5, 0.6) is 11.5 Å². The minimum absolute atomic E-state index is 0.0774. The standard InChI is InChI=1S/C27H29NO6/c1-3-32-27(30)17-26(29)22-11-15-24(16-12-22)33-18-20-9-13-23(14-10-20)34-19-25(28-31-2)21-7-5-4-6-8-21/h4-16,19,26,28-29H,3,17-18H2,1-2H3. The number of hydrogen-bond donors (Lipinski definition) is 2. The van der Waals surface area contributed by atoms with E-state index in [0.717, 1.165) is 11.1 Å². The SMILES string of the molecule is CCOC(=O)CC(O)c1ccc(OCc2ccc(OC=C(NOC)c3ccccc3)cc2)cc1. The third-order valence-corrected chi connectivity index (χ3v) is 4.87. The minimum Gasteiger partial charge on any atom is -0.489 e. The first-order valence-corrected chi connectivity index (χ1v) is 11.0. The molecule has 0 radical (unpaired) electrons. The molecule has 2 N–H and O–H groups in total. The number of aliphatic hydroxyl groups is 1. The second kappa shape index (κ2) is 13.0. The second-order valence-electron chi connectivity index (χ2n) is 7.35. The van der Waals surface area contributed by atoms with Gasteiger partial charge in [-0.05, 0) is 42.3 Å². The molecule has 0 heterocycles. The molecule has 0 aromatic heterocycles. The highest BCUT2D eigenvalue weighted by molar-refractivity contribution is 5.70. The van der Waals surface area contributed by atoms with Crippen LogP contribution in [0, 0.1) is 0 Å². The number of rotatable bonds is 12. The molecule has 0 aliphatic heterocycles. The van der Waals surface area contributed by atoms with Gasteiger partial charge in [0.05, 0.1) is 26.2 Å². The van der Waals surface area contributed by atoms with Crippen molar-refractivity contribution in [2.45, 2.75) is 26.1 Å². The molecule has 0 aliphatic carbocycles. The summed E-state index contributed by atoms with van der Waals surface area (Å²) < 4.78 is 16.5. The number of aliphatic hydroxyl groups excluding tert-OH is 1. The first kappa shape index (κ1) is 24.8. The summed E-state index contributed by atoms with van der Waals surface area (Å²) in [6.45, 7) is 2.40. The fourth-order valence-corrected chi connectivity index (χ4v) is 3.12. The van der Waals surface area contributed by atoms with E-state index in [9.17, 15) is 9.90 Å². The summed E-state index contributed by atoms with van der Waals surface area (Å²) in [5.41, 5.74) is 6.07. The zero-order valence-corrected chi connectivity index (χ0v) is 19.3. The van der Waals surface area contributed by atoms with Crippen molar-refractivity contribution in [3.8, 4) is 11.5 Å². The molecule has 3 aromatic rings. The van der Waals surface area contributed by atoms with Gasteiger partial charge in [0.25, 0.3) is 0 Å². The molecule has 178 valence electrons. The number of nitrogens with one attached hydrogen (secondary N) is 1. The Morgan fingerprint density at radius 3 is 2.29 bits per heavy atom. The molecule has 0 saturated carbocycles. The van der Waals surface area contributed by atoms with E-state index in [0.29, 0.717) is 36.0 Å². The van der Waals surface area contributed by atoms with Gasteiger partial charge in [-0.1, -0.05) is 54.6 Å². The minimum atomic E-state index is -0.906. The number of hydroxylamine groups is 1. The first-order chi connectivity index (χ1) is 16.6. The molecule has 3 aromatic carbocycles. The fraction of sp³-hybridized carbons (Fsp3) is 0.222. The quantitative estimate of drug-likeness (QED) is 0.227. The Morgan fingerprint density at radius 1 is 0.971 bits per heavy atom. The van der Waals surface area contributed by atoms with E-state index < -0.39 is 12.1 Å². The van der Waals surface area contributed by atoms with Crippen LogP contribution in [0.1, 0.15) is 36.1 Å². The third-order valence-electron chi connectivity index (χ3n) is 4.87. The van der Waals surface area contributed by atoms with E-state index in [4.69, 9.17) is 19.0 Å². The van der Waals surface area contributed by atoms with Crippen molar-refractivity contribution in [3.63, 3.8) is 0 Å². The van der Waals surface area contributed by atoms with E-state index in [1.54, 1.807) is 44.6 Å². The number of carbonyl (C=O) groups excluding carboxylic acids is 1. The number of esters is 1. The first-order valence-electron chi connectivity index (χ1n) is 11.0. The van der Waals surface area contributed by atoms with Crippen molar-refractivity contribution < 1.29 is 28.9 Å². The summed E-state index contributed by atoms with van der Waals surface area (Å²) in [6, 6.07) is 24.3. The van der Waals surface area contributed by atoms with Crippen molar-refractivity contribution in [1.29, 1.82) is 0 Å². The largest absolute Gasteiger partial charge is 0.489 e. The van der Waals surface area contributed by atoms with Gasteiger partial charge in [-0.3, -0.25) is 15.1 Å². The highest BCUT2D eigenvalue weighted by Gasteiger charge is 2.13. The van der Waals surface area contributed by atoms with E-state index in [1.165, 1.54) is 0 Å². The second-order valence-corrected chi connectivity index (χ2v) is 7.35. The summed E-state index contributed by atoms with van der Waals surface area (Å²) in [5, 5.41) is 10.1. The van der Waals surface area contributed by atoms with Crippen LogP contribution in [-0.2, 0) is 21.0 Å². The zero-order valence-electron chi connectivity index (χ0n) is 19.3. The predicted octanol–water partition coefficient (Wildman–Crippen LogP) is 4.78.